The van der Waals surface area contributed by atoms with E-state index in [-0.39, 0.29) is 0 Å². The normalized spacial score (nSPS) is 24.8. The van der Waals surface area contributed by atoms with Gasteiger partial charge in [-0.3, -0.25) is 0 Å². The highest BCUT2D eigenvalue weighted by atomic mass is 15.2. The van der Waals surface area contributed by atoms with Crippen molar-refractivity contribution < 1.29 is 0 Å². The van der Waals surface area contributed by atoms with Crippen molar-refractivity contribution in [2.75, 3.05) is 18.0 Å². The predicted octanol–water partition coefficient (Wildman–Crippen LogP) is 2.10. The van der Waals surface area contributed by atoms with Crippen LogP contribution in [0.4, 0.5) is 5.82 Å². The van der Waals surface area contributed by atoms with E-state index in [1.807, 2.05) is 6.20 Å². The molecule has 2 aromatic heterocycles. The highest BCUT2D eigenvalue weighted by Crippen LogP contribution is 2.35. The first-order valence-corrected chi connectivity index (χ1v) is 8.99. The highest BCUT2D eigenvalue weighted by Gasteiger charge is 2.29. The topological polar surface area (TPSA) is 72.9 Å². The van der Waals surface area contributed by atoms with Crippen LogP contribution in [0, 0.1) is 12.8 Å². The second-order valence-corrected chi connectivity index (χ2v) is 7.29. The predicted molar refractivity (Wildman–Crippen MR) is 93.9 cm³/mol. The molecule has 6 heteroatoms. The first kappa shape index (κ1) is 15.6. The Kier molecular flexibility index (Phi) is 4.22. The lowest BCUT2D eigenvalue weighted by molar-refractivity contribution is 0.343. The van der Waals surface area contributed by atoms with Crippen LogP contribution in [0.3, 0.4) is 0 Å². The zero-order valence-corrected chi connectivity index (χ0v) is 14.3. The summed E-state index contributed by atoms with van der Waals surface area (Å²) in [7, 11) is 0. The van der Waals surface area contributed by atoms with Gasteiger partial charge in [-0.1, -0.05) is 0 Å². The third-order valence-corrected chi connectivity index (χ3v) is 5.58. The van der Waals surface area contributed by atoms with Crippen molar-refractivity contribution in [1.82, 2.24) is 19.5 Å². The molecular formula is C18H26N6. The van der Waals surface area contributed by atoms with Crippen LogP contribution < -0.4 is 10.6 Å². The van der Waals surface area contributed by atoms with Gasteiger partial charge >= 0.3 is 0 Å². The zero-order valence-electron chi connectivity index (χ0n) is 14.3. The highest BCUT2D eigenvalue weighted by molar-refractivity contribution is 5.40. The maximum Gasteiger partial charge on any atom is 0.132 e. The maximum atomic E-state index is 5.91. The quantitative estimate of drug-likeness (QED) is 0.931. The third kappa shape index (κ3) is 3.15. The van der Waals surface area contributed by atoms with E-state index in [0.29, 0.717) is 12.0 Å². The van der Waals surface area contributed by atoms with Crippen molar-refractivity contribution in [3.8, 4) is 0 Å². The Bertz CT molecular complexity index is 682. The molecule has 0 radical (unpaired) electrons. The minimum atomic E-state index is 0.357. The first-order chi connectivity index (χ1) is 11.7. The van der Waals surface area contributed by atoms with Gasteiger partial charge in [0.05, 0.1) is 0 Å². The number of hydrogen-bond donors (Lipinski definition) is 1. The Hall–Kier alpha value is -1.95. The lowest BCUT2D eigenvalue weighted by Gasteiger charge is -2.35. The summed E-state index contributed by atoms with van der Waals surface area (Å²) in [6.07, 6.45) is 10.2. The summed E-state index contributed by atoms with van der Waals surface area (Å²) in [5.41, 5.74) is 7.07. The molecule has 2 aliphatic rings. The molecule has 0 aromatic carbocycles. The lowest BCUT2D eigenvalue weighted by atomic mass is 9.78. The Morgan fingerprint density at radius 1 is 1.17 bits per heavy atom. The van der Waals surface area contributed by atoms with E-state index >= 15 is 0 Å². The largest absolute Gasteiger partial charge is 0.356 e. The molecule has 128 valence electrons. The van der Waals surface area contributed by atoms with Gasteiger partial charge < -0.3 is 15.2 Å². The number of nitrogens with two attached hydrogens (primary N) is 1. The van der Waals surface area contributed by atoms with E-state index in [2.05, 4.69) is 43.6 Å². The van der Waals surface area contributed by atoms with Crippen molar-refractivity contribution in [1.29, 1.82) is 0 Å². The van der Waals surface area contributed by atoms with Gasteiger partial charge in [0.1, 0.15) is 18.0 Å². The van der Waals surface area contributed by atoms with E-state index < -0.39 is 0 Å². The minimum Gasteiger partial charge on any atom is -0.356 e. The van der Waals surface area contributed by atoms with Crippen LogP contribution in [0.15, 0.2) is 24.8 Å². The molecule has 2 fully saturated rings. The number of nitrogens with zero attached hydrogens (tertiary/aromatic N) is 5. The average molecular weight is 326 g/mol. The molecule has 1 aliphatic carbocycles. The summed E-state index contributed by atoms with van der Waals surface area (Å²) >= 11 is 0. The van der Waals surface area contributed by atoms with Gasteiger partial charge in [-0.2, -0.15) is 0 Å². The summed E-state index contributed by atoms with van der Waals surface area (Å²) in [5.74, 6) is 3.44. The molecule has 1 aliphatic heterocycles. The molecule has 0 atom stereocenters. The summed E-state index contributed by atoms with van der Waals surface area (Å²) in [5, 5.41) is 0. The number of hydrogen-bond acceptors (Lipinski definition) is 5. The van der Waals surface area contributed by atoms with E-state index in [4.69, 9.17) is 5.73 Å². The molecule has 24 heavy (non-hydrogen) atoms. The van der Waals surface area contributed by atoms with Crippen LogP contribution in [-0.2, 0) is 6.54 Å². The minimum absolute atomic E-state index is 0.357. The third-order valence-electron chi connectivity index (χ3n) is 5.58. The summed E-state index contributed by atoms with van der Waals surface area (Å²) in [4.78, 5) is 15.7. The van der Waals surface area contributed by atoms with Gasteiger partial charge in [-0.25, -0.2) is 15.0 Å². The fourth-order valence-electron chi connectivity index (χ4n) is 3.88. The van der Waals surface area contributed by atoms with Gasteiger partial charge in [-0.05, 0) is 38.5 Å². The van der Waals surface area contributed by atoms with Crippen molar-refractivity contribution >= 4 is 5.82 Å². The Balaban J connectivity index is 1.35. The Labute approximate surface area is 143 Å². The van der Waals surface area contributed by atoms with Gasteiger partial charge in [0, 0.05) is 55.7 Å². The fraction of sp³-hybridized carbons (Fsp3) is 0.611. The van der Waals surface area contributed by atoms with Gasteiger partial charge in [0.15, 0.2) is 0 Å². The van der Waals surface area contributed by atoms with Crippen LogP contribution in [-0.4, -0.2) is 38.7 Å². The van der Waals surface area contributed by atoms with E-state index in [1.54, 1.807) is 6.33 Å². The number of piperidine rings is 1. The van der Waals surface area contributed by atoms with E-state index in [0.717, 1.165) is 55.7 Å². The monoisotopic (exact) mass is 326 g/mol. The fourth-order valence-corrected chi connectivity index (χ4v) is 3.88. The molecule has 1 saturated carbocycles. The van der Waals surface area contributed by atoms with Crippen molar-refractivity contribution in [2.24, 2.45) is 11.7 Å². The molecule has 0 spiro atoms. The summed E-state index contributed by atoms with van der Waals surface area (Å²) in [6.45, 7) is 5.29. The second-order valence-electron chi connectivity index (χ2n) is 7.29. The van der Waals surface area contributed by atoms with Crippen molar-refractivity contribution in [3.05, 3.63) is 36.3 Å². The number of aromatic nitrogens is 4. The molecular weight excluding hydrogens is 300 g/mol. The number of anilines is 1. The van der Waals surface area contributed by atoms with Crippen LogP contribution in [0.1, 0.15) is 43.1 Å². The number of rotatable bonds is 4. The van der Waals surface area contributed by atoms with E-state index in [1.165, 1.54) is 12.8 Å². The summed E-state index contributed by atoms with van der Waals surface area (Å²) in [6, 6.07) is 2.53. The molecule has 3 heterocycles. The first-order valence-electron chi connectivity index (χ1n) is 8.99. The van der Waals surface area contributed by atoms with Gasteiger partial charge in [0.25, 0.3) is 0 Å². The Morgan fingerprint density at radius 2 is 1.96 bits per heavy atom. The molecule has 1 saturated heterocycles. The molecule has 0 bridgehead atoms. The maximum absolute atomic E-state index is 5.91. The van der Waals surface area contributed by atoms with Crippen molar-refractivity contribution in [2.45, 2.75) is 51.1 Å². The SMILES string of the molecule is Cc1nccn1CC1CCN(c2cc(C3CC(N)C3)ncn2)CC1. The smallest absolute Gasteiger partial charge is 0.132 e. The van der Waals surface area contributed by atoms with Crippen LogP contribution in [0.25, 0.3) is 0 Å². The summed E-state index contributed by atoms with van der Waals surface area (Å²) < 4.78 is 2.27. The molecule has 2 aromatic rings. The second kappa shape index (κ2) is 6.51. The van der Waals surface area contributed by atoms with Crippen LogP contribution >= 0.6 is 0 Å². The van der Waals surface area contributed by atoms with Gasteiger partial charge in [-0.15, -0.1) is 0 Å². The molecule has 4 rings (SSSR count). The number of aryl methyl sites for hydroxylation is 1. The molecule has 6 nitrogen and oxygen atoms in total. The van der Waals surface area contributed by atoms with Crippen LogP contribution in [0.2, 0.25) is 0 Å². The zero-order chi connectivity index (χ0) is 16.5. The number of imidazole rings is 1. The molecule has 0 amide bonds. The standard InChI is InChI=1S/C18H26N6/c1-13-20-4-7-24(13)11-14-2-5-23(6-3-14)18-10-17(21-12-22-18)15-8-16(19)9-15/h4,7,10,12,14-16H,2-3,5-6,8-9,11,19H2,1H3. The molecule has 0 unspecified atom stereocenters. The van der Waals surface area contributed by atoms with E-state index in [9.17, 15) is 0 Å². The van der Waals surface area contributed by atoms with Crippen LogP contribution in [0.5, 0.6) is 0 Å². The lowest BCUT2D eigenvalue weighted by Crippen LogP contribution is -2.37. The average Bonchev–Trinajstić information content (AvgIpc) is 2.98. The molecule has 2 N–H and O–H groups in total. The van der Waals surface area contributed by atoms with Gasteiger partial charge in [0.2, 0.25) is 0 Å². The Morgan fingerprint density at radius 3 is 2.62 bits per heavy atom. The van der Waals surface area contributed by atoms with Crippen molar-refractivity contribution in [3.63, 3.8) is 0 Å².